The van der Waals surface area contributed by atoms with Crippen LogP contribution in [0.15, 0.2) is 41.3 Å². The second kappa shape index (κ2) is 7.77. The smallest absolute Gasteiger partial charge is 0.244 e. The molecule has 1 aromatic heterocycles. The predicted molar refractivity (Wildman–Crippen MR) is 117 cm³/mol. The summed E-state index contributed by atoms with van der Waals surface area (Å²) in [6.45, 7) is 3.19. The summed E-state index contributed by atoms with van der Waals surface area (Å²) in [5, 5.41) is 3.23. The van der Waals surface area contributed by atoms with Crippen LogP contribution in [0.1, 0.15) is 18.4 Å². The molecule has 0 saturated carbocycles. The molecule has 3 heterocycles. The van der Waals surface area contributed by atoms with Gasteiger partial charge in [0.1, 0.15) is 19.3 Å². The Kier molecular flexibility index (Phi) is 5.07. The molecule has 1 saturated heterocycles. The molecule has 1 fully saturated rings. The van der Waals surface area contributed by atoms with Crippen LogP contribution in [0.2, 0.25) is 0 Å². The number of benzene rings is 2. The zero-order valence-electron chi connectivity index (χ0n) is 16.8. The first-order valence-corrected chi connectivity index (χ1v) is 12.3. The molecule has 1 N–H and O–H groups in total. The normalized spacial score (nSPS) is 18.9. The van der Waals surface area contributed by atoms with E-state index in [-0.39, 0.29) is 10.8 Å². The molecule has 0 bridgehead atoms. The van der Waals surface area contributed by atoms with Crippen LogP contribution in [0, 0.1) is 6.92 Å². The molecule has 2 aromatic carbocycles. The molecule has 162 valence electrons. The van der Waals surface area contributed by atoms with Crippen molar-refractivity contribution < 1.29 is 22.7 Å². The van der Waals surface area contributed by atoms with Crippen LogP contribution in [-0.2, 0) is 14.8 Å². The lowest BCUT2D eigenvalue weighted by atomic mass is 10.2. The number of sulfonamides is 1. The lowest BCUT2D eigenvalue weighted by Crippen LogP contribution is -2.43. The number of thiazole rings is 1. The molecule has 3 aromatic rings. The van der Waals surface area contributed by atoms with Gasteiger partial charge in [0.25, 0.3) is 0 Å². The Bertz CT molecular complexity index is 1210. The number of aryl methyl sites for hydroxylation is 1. The molecule has 1 atom stereocenters. The predicted octanol–water partition coefficient (Wildman–Crippen LogP) is 3.17. The summed E-state index contributed by atoms with van der Waals surface area (Å²) in [5.74, 6) is 0.920. The number of nitrogens with zero attached hydrogens (tertiary/aromatic N) is 2. The Labute approximate surface area is 183 Å². The van der Waals surface area contributed by atoms with Gasteiger partial charge in [-0.1, -0.05) is 29.0 Å². The molecule has 10 heteroatoms. The zero-order valence-corrected chi connectivity index (χ0v) is 18.5. The number of rotatable bonds is 4. The quantitative estimate of drug-likeness (QED) is 0.644. The second-order valence-electron chi connectivity index (χ2n) is 7.56. The zero-order chi connectivity index (χ0) is 21.6. The van der Waals surface area contributed by atoms with Crippen molar-refractivity contribution in [2.45, 2.75) is 30.7 Å². The van der Waals surface area contributed by atoms with E-state index in [0.717, 1.165) is 10.3 Å². The van der Waals surface area contributed by atoms with E-state index in [0.29, 0.717) is 54.7 Å². The molecule has 8 nitrogen and oxygen atoms in total. The first kappa shape index (κ1) is 20.2. The van der Waals surface area contributed by atoms with Crippen LogP contribution in [0.4, 0.5) is 5.13 Å². The molecule has 31 heavy (non-hydrogen) atoms. The fraction of sp³-hybridized carbons (Fsp3) is 0.333. The highest BCUT2D eigenvalue weighted by Crippen LogP contribution is 2.38. The minimum atomic E-state index is -3.76. The van der Waals surface area contributed by atoms with Crippen LogP contribution in [0.3, 0.4) is 0 Å². The Balaban J connectivity index is 1.37. The van der Waals surface area contributed by atoms with Crippen LogP contribution >= 0.6 is 11.3 Å². The SMILES string of the molecule is Cc1ccc(S(=O)(=O)N2CCC[C@H]2C(=O)Nc2nc3cc4c(cc3s2)OCCO4)cc1. The topological polar surface area (TPSA) is 97.8 Å². The maximum absolute atomic E-state index is 13.1. The van der Waals surface area contributed by atoms with Gasteiger partial charge in [0.2, 0.25) is 15.9 Å². The number of fused-ring (bicyclic) bond motifs is 2. The summed E-state index contributed by atoms with van der Waals surface area (Å²) < 4.78 is 39.5. The summed E-state index contributed by atoms with van der Waals surface area (Å²) in [7, 11) is -3.76. The fourth-order valence-corrected chi connectivity index (χ4v) is 6.38. The van der Waals surface area contributed by atoms with Crippen molar-refractivity contribution in [3.8, 4) is 11.5 Å². The van der Waals surface area contributed by atoms with Crippen LogP contribution in [0.5, 0.6) is 11.5 Å². The maximum atomic E-state index is 13.1. The molecule has 0 aliphatic carbocycles. The lowest BCUT2D eigenvalue weighted by Gasteiger charge is -2.23. The van der Waals surface area contributed by atoms with Crippen molar-refractivity contribution in [3.63, 3.8) is 0 Å². The van der Waals surface area contributed by atoms with Gasteiger partial charge in [-0.15, -0.1) is 0 Å². The molecular formula is C21H21N3O5S2. The van der Waals surface area contributed by atoms with E-state index < -0.39 is 16.1 Å². The molecule has 2 aliphatic heterocycles. The van der Waals surface area contributed by atoms with E-state index in [4.69, 9.17) is 9.47 Å². The largest absolute Gasteiger partial charge is 0.486 e. The van der Waals surface area contributed by atoms with E-state index >= 15 is 0 Å². The average Bonchev–Trinajstić information content (AvgIpc) is 3.39. The summed E-state index contributed by atoms with van der Waals surface area (Å²) >= 11 is 1.32. The van der Waals surface area contributed by atoms with Gasteiger partial charge < -0.3 is 14.8 Å². The van der Waals surface area contributed by atoms with Crippen molar-refractivity contribution in [1.82, 2.24) is 9.29 Å². The monoisotopic (exact) mass is 459 g/mol. The van der Waals surface area contributed by atoms with Crippen molar-refractivity contribution in [3.05, 3.63) is 42.0 Å². The molecule has 0 spiro atoms. The number of carbonyl (C=O) groups excluding carboxylic acids is 1. The summed E-state index contributed by atoms with van der Waals surface area (Å²) in [5.41, 5.74) is 1.67. The van der Waals surface area contributed by atoms with E-state index in [1.54, 1.807) is 30.3 Å². The van der Waals surface area contributed by atoms with E-state index in [1.807, 2.05) is 13.0 Å². The number of aromatic nitrogens is 1. The summed E-state index contributed by atoms with van der Waals surface area (Å²) in [4.78, 5) is 17.7. The number of anilines is 1. The second-order valence-corrected chi connectivity index (χ2v) is 10.5. The molecule has 1 amide bonds. The summed E-state index contributed by atoms with van der Waals surface area (Å²) in [6.07, 6.45) is 1.10. The standard InChI is InChI=1S/C21H21N3O5S2/c1-13-4-6-14(7-5-13)31(26,27)24-8-2-3-16(24)20(25)23-21-22-15-11-17-18(12-19(15)30-21)29-10-9-28-17/h4-7,11-12,16H,2-3,8-10H2,1H3,(H,22,23,25)/t16-/m0/s1. The molecule has 0 unspecified atom stereocenters. The first-order valence-electron chi connectivity index (χ1n) is 10.0. The van der Waals surface area contributed by atoms with Gasteiger partial charge in [-0.05, 0) is 31.9 Å². The van der Waals surface area contributed by atoms with Crippen molar-refractivity contribution in [2.24, 2.45) is 0 Å². The fourth-order valence-electron chi connectivity index (χ4n) is 3.84. The van der Waals surface area contributed by atoms with Gasteiger partial charge in [0.15, 0.2) is 16.6 Å². The van der Waals surface area contributed by atoms with Crippen molar-refractivity contribution >= 4 is 42.6 Å². The highest BCUT2D eigenvalue weighted by Gasteiger charge is 2.39. The maximum Gasteiger partial charge on any atom is 0.244 e. The van der Waals surface area contributed by atoms with Gasteiger partial charge in [-0.3, -0.25) is 4.79 Å². The molecular weight excluding hydrogens is 438 g/mol. The number of hydrogen-bond donors (Lipinski definition) is 1. The lowest BCUT2D eigenvalue weighted by molar-refractivity contribution is -0.119. The third-order valence-corrected chi connectivity index (χ3v) is 8.27. The number of hydrogen-bond acceptors (Lipinski definition) is 7. The van der Waals surface area contributed by atoms with E-state index in [9.17, 15) is 13.2 Å². The first-order chi connectivity index (χ1) is 14.9. The van der Waals surface area contributed by atoms with Gasteiger partial charge in [-0.25, -0.2) is 13.4 Å². The number of amides is 1. The Morgan fingerprint density at radius 1 is 1.16 bits per heavy atom. The summed E-state index contributed by atoms with van der Waals surface area (Å²) in [6, 6.07) is 9.55. The number of nitrogens with one attached hydrogen (secondary N) is 1. The number of ether oxygens (including phenoxy) is 2. The Morgan fingerprint density at radius 2 is 1.87 bits per heavy atom. The third kappa shape index (κ3) is 3.75. The highest BCUT2D eigenvalue weighted by atomic mass is 32.2. The van der Waals surface area contributed by atoms with Crippen molar-refractivity contribution in [1.29, 1.82) is 0 Å². The Morgan fingerprint density at radius 3 is 2.61 bits per heavy atom. The van der Waals surface area contributed by atoms with E-state index in [2.05, 4.69) is 10.3 Å². The molecule has 2 aliphatic rings. The third-order valence-electron chi connectivity index (χ3n) is 5.42. The minimum Gasteiger partial charge on any atom is -0.486 e. The van der Waals surface area contributed by atoms with E-state index in [1.165, 1.54) is 15.6 Å². The average molecular weight is 460 g/mol. The van der Waals surface area contributed by atoms with Crippen molar-refractivity contribution in [2.75, 3.05) is 25.1 Å². The molecule has 5 rings (SSSR count). The molecule has 0 radical (unpaired) electrons. The van der Waals surface area contributed by atoms with Gasteiger partial charge in [0, 0.05) is 18.7 Å². The number of carbonyl (C=O) groups is 1. The van der Waals surface area contributed by atoms with Gasteiger partial charge in [0.05, 0.1) is 15.1 Å². The van der Waals surface area contributed by atoms with Gasteiger partial charge >= 0.3 is 0 Å². The minimum absolute atomic E-state index is 0.198. The van der Waals surface area contributed by atoms with Crippen LogP contribution < -0.4 is 14.8 Å². The highest BCUT2D eigenvalue weighted by molar-refractivity contribution is 7.89. The van der Waals surface area contributed by atoms with Gasteiger partial charge in [-0.2, -0.15) is 4.31 Å². The Hall–Kier alpha value is -2.69. The van der Waals surface area contributed by atoms with Crippen LogP contribution in [0.25, 0.3) is 10.2 Å². The van der Waals surface area contributed by atoms with Crippen LogP contribution in [-0.4, -0.2) is 49.4 Å².